The monoisotopic (exact) mass is 239 g/mol. The Labute approximate surface area is 99.4 Å². The van der Waals surface area contributed by atoms with E-state index in [0.29, 0.717) is 12.6 Å². The summed E-state index contributed by atoms with van der Waals surface area (Å²) in [5.74, 6) is 0. The van der Waals surface area contributed by atoms with E-state index in [1.54, 1.807) is 11.3 Å². The summed E-state index contributed by atoms with van der Waals surface area (Å²) in [5, 5.41) is 0. The van der Waals surface area contributed by atoms with Crippen molar-refractivity contribution in [3.8, 4) is 0 Å². The molecule has 1 saturated heterocycles. The van der Waals surface area contributed by atoms with Crippen molar-refractivity contribution in [2.75, 3.05) is 19.7 Å². The van der Waals surface area contributed by atoms with Gasteiger partial charge in [0.15, 0.2) is 0 Å². The van der Waals surface area contributed by atoms with Gasteiger partial charge in [0.25, 0.3) is 0 Å². The summed E-state index contributed by atoms with van der Waals surface area (Å²) in [6.45, 7) is 2.43. The van der Waals surface area contributed by atoms with E-state index in [4.69, 9.17) is 10.5 Å². The number of hydrogen-bond donors (Lipinski definition) is 1. The minimum Gasteiger partial charge on any atom is -0.374 e. The highest BCUT2D eigenvalue weighted by Gasteiger charge is 2.41. The molecular weight excluding hydrogens is 222 g/mol. The van der Waals surface area contributed by atoms with Crippen LogP contribution in [0.1, 0.15) is 23.8 Å². The van der Waals surface area contributed by atoms with Gasteiger partial charge in [0.05, 0.1) is 24.3 Å². The van der Waals surface area contributed by atoms with Crippen LogP contribution in [-0.2, 0) is 4.74 Å². The maximum Gasteiger partial charge on any atom is 0.0903 e. The quantitative estimate of drug-likeness (QED) is 0.855. The van der Waals surface area contributed by atoms with Crippen molar-refractivity contribution in [1.29, 1.82) is 0 Å². The van der Waals surface area contributed by atoms with Crippen LogP contribution in [0.4, 0.5) is 0 Å². The molecule has 1 aromatic rings. The van der Waals surface area contributed by atoms with Crippen molar-refractivity contribution in [1.82, 2.24) is 9.88 Å². The van der Waals surface area contributed by atoms with Crippen LogP contribution in [-0.4, -0.2) is 41.7 Å². The van der Waals surface area contributed by atoms with Gasteiger partial charge in [0, 0.05) is 30.2 Å². The van der Waals surface area contributed by atoms with E-state index in [2.05, 4.69) is 9.88 Å². The maximum atomic E-state index is 5.82. The molecule has 16 heavy (non-hydrogen) atoms. The second-order valence-corrected chi connectivity index (χ2v) is 5.38. The summed E-state index contributed by atoms with van der Waals surface area (Å²) < 4.78 is 5.78. The first-order valence-electron chi connectivity index (χ1n) is 5.86. The number of thiazole rings is 1. The Balaban J connectivity index is 1.86. The Morgan fingerprint density at radius 3 is 3.06 bits per heavy atom. The normalized spacial score (nSPS) is 31.8. The van der Waals surface area contributed by atoms with Gasteiger partial charge in [0.2, 0.25) is 0 Å². The zero-order valence-corrected chi connectivity index (χ0v) is 10.0. The van der Waals surface area contributed by atoms with E-state index in [0.717, 1.165) is 19.2 Å². The lowest BCUT2D eigenvalue weighted by Crippen LogP contribution is -2.48. The predicted octanol–water partition coefficient (Wildman–Crippen LogP) is 1.01. The van der Waals surface area contributed by atoms with Gasteiger partial charge in [0.1, 0.15) is 0 Å². The van der Waals surface area contributed by atoms with Crippen LogP contribution < -0.4 is 5.73 Å². The zero-order valence-electron chi connectivity index (χ0n) is 9.21. The molecule has 0 bridgehead atoms. The zero-order chi connectivity index (χ0) is 11.0. The van der Waals surface area contributed by atoms with Gasteiger partial charge in [-0.15, -0.1) is 11.3 Å². The number of ether oxygens (including phenoxy) is 1. The average molecular weight is 239 g/mol. The minimum absolute atomic E-state index is 0.134. The van der Waals surface area contributed by atoms with E-state index in [1.165, 1.54) is 17.7 Å². The Morgan fingerprint density at radius 2 is 2.44 bits per heavy atom. The van der Waals surface area contributed by atoms with Crippen LogP contribution in [0.3, 0.4) is 0 Å². The first kappa shape index (κ1) is 10.7. The molecule has 0 amide bonds. The third-order valence-corrected chi connectivity index (χ3v) is 4.23. The number of rotatable bonds is 3. The first-order chi connectivity index (χ1) is 7.90. The Morgan fingerprint density at radius 1 is 1.56 bits per heavy atom. The van der Waals surface area contributed by atoms with Crippen LogP contribution in [0.5, 0.6) is 0 Å². The molecule has 3 rings (SSSR count). The minimum atomic E-state index is 0.134. The molecule has 1 aromatic heterocycles. The molecule has 2 unspecified atom stereocenters. The average Bonchev–Trinajstić information content (AvgIpc) is 3.04. The van der Waals surface area contributed by atoms with Crippen molar-refractivity contribution >= 4 is 11.3 Å². The van der Waals surface area contributed by atoms with E-state index in [9.17, 15) is 0 Å². The van der Waals surface area contributed by atoms with Crippen molar-refractivity contribution in [3.05, 3.63) is 16.6 Å². The standard InChI is InChI=1S/C11H17N3OS/c12-5-9-11(10-6-13-7-16-10)14(3-4-15-9)8-1-2-8/h6-9,11H,1-5,12H2. The van der Waals surface area contributed by atoms with E-state index in [-0.39, 0.29) is 6.10 Å². The number of hydrogen-bond acceptors (Lipinski definition) is 5. The summed E-state index contributed by atoms with van der Waals surface area (Å²) in [6, 6.07) is 1.09. The van der Waals surface area contributed by atoms with Gasteiger partial charge in [-0.3, -0.25) is 9.88 Å². The van der Waals surface area contributed by atoms with Crippen molar-refractivity contribution in [3.63, 3.8) is 0 Å². The van der Waals surface area contributed by atoms with Crippen molar-refractivity contribution in [2.45, 2.75) is 31.0 Å². The van der Waals surface area contributed by atoms with Crippen LogP contribution in [0.25, 0.3) is 0 Å². The fourth-order valence-corrected chi connectivity index (χ4v) is 3.28. The van der Waals surface area contributed by atoms with Crippen LogP contribution in [0, 0.1) is 0 Å². The van der Waals surface area contributed by atoms with Crippen LogP contribution in [0.2, 0.25) is 0 Å². The third kappa shape index (κ3) is 1.88. The molecular formula is C11H17N3OS. The lowest BCUT2D eigenvalue weighted by atomic mass is 10.1. The first-order valence-corrected chi connectivity index (χ1v) is 6.74. The summed E-state index contributed by atoms with van der Waals surface area (Å²) in [7, 11) is 0. The lowest BCUT2D eigenvalue weighted by Gasteiger charge is -2.40. The summed E-state index contributed by atoms with van der Waals surface area (Å²) in [4.78, 5) is 8.03. The van der Waals surface area contributed by atoms with Crippen molar-refractivity contribution in [2.24, 2.45) is 5.73 Å². The Hall–Kier alpha value is -0.490. The molecule has 2 atom stereocenters. The lowest BCUT2D eigenvalue weighted by molar-refractivity contribution is -0.0701. The Bertz CT molecular complexity index is 339. The van der Waals surface area contributed by atoms with E-state index < -0.39 is 0 Å². The fraction of sp³-hybridized carbons (Fsp3) is 0.727. The summed E-state index contributed by atoms with van der Waals surface area (Å²) in [5.41, 5.74) is 7.71. The summed E-state index contributed by atoms with van der Waals surface area (Å²) >= 11 is 1.71. The highest BCUT2D eigenvalue weighted by molar-refractivity contribution is 7.09. The van der Waals surface area contributed by atoms with E-state index in [1.807, 2.05) is 11.7 Å². The van der Waals surface area contributed by atoms with Gasteiger partial charge in [-0.25, -0.2) is 0 Å². The molecule has 88 valence electrons. The van der Waals surface area contributed by atoms with Crippen LogP contribution >= 0.6 is 11.3 Å². The largest absolute Gasteiger partial charge is 0.374 e. The van der Waals surface area contributed by atoms with E-state index >= 15 is 0 Å². The van der Waals surface area contributed by atoms with Crippen molar-refractivity contribution < 1.29 is 4.74 Å². The molecule has 5 heteroatoms. The second kappa shape index (κ2) is 4.41. The molecule has 1 aliphatic carbocycles. The van der Waals surface area contributed by atoms with Gasteiger partial charge >= 0.3 is 0 Å². The van der Waals surface area contributed by atoms with Gasteiger partial charge in [-0.05, 0) is 12.8 Å². The number of nitrogens with two attached hydrogens (primary N) is 1. The molecule has 0 radical (unpaired) electrons. The highest BCUT2D eigenvalue weighted by atomic mass is 32.1. The van der Waals surface area contributed by atoms with Crippen LogP contribution in [0.15, 0.2) is 11.7 Å². The Kier molecular flexibility index (Phi) is 2.93. The molecule has 1 saturated carbocycles. The number of morpholine rings is 1. The summed E-state index contributed by atoms with van der Waals surface area (Å²) in [6.07, 6.45) is 4.75. The molecule has 0 aromatic carbocycles. The highest BCUT2D eigenvalue weighted by Crippen LogP contribution is 2.39. The number of nitrogens with zero attached hydrogens (tertiary/aromatic N) is 2. The molecule has 2 aliphatic rings. The number of aromatic nitrogens is 1. The maximum absolute atomic E-state index is 5.82. The molecule has 4 nitrogen and oxygen atoms in total. The fourth-order valence-electron chi connectivity index (χ4n) is 2.48. The van der Waals surface area contributed by atoms with Gasteiger partial charge in [-0.1, -0.05) is 0 Å². The topological polar surface area (TPSA) is 51.4 Å². The SMILES string of the molecule is NCC1OCCN(C2CC2)C1c1cncs1. The van der Waals surface area contributed by atoms with Gasteiger partial charge < -0.3 is 10.5 Å². The third-order valence-electron chi connectivity index (χ3n) is 3.38. The molecule has 2 heterocycles. The molecule has 0 spiro atoms. The molecule has 1 aliphatic heterocycles. The smallest absolute Gasteiger partial charge is 0.0903 e. The molecule has 2 N–H and O–H groups in total. The second-order valence-electron chi connectivity index (χ2n) is 4.46. The molecule has 2 fully saturated rings. The van der Waals surface area contributed by atoms with Gasteiger partial charge in [-0.2, -0.15) is 0 Å². The predicted molar refractivity (Wildman–Crippen MR) is 63.4 cm³/mol.